The molecule has 0 radical (unpaired) electrons. The van der Waals surface area contributed by atoms with Crippen LogP contribution in [0.15, 0.2) is 70.6 Å². The summed E-state index contributed by atoms with van der Waals surface area (Å²) in [6.07, 6.45) is 1.90. The number of carbonyl (C=O) groups excluding carboxylic acids is 1. The van der Waals surface area contributed by atoms with E-state index in [0.29, 0.717) is 23.2 Å². The second-order valence-corrected chi connectivity index (χ2v) is 6.21. The number of methoxy groups -OCH3 is 1. The summed E-state index contributed by atoms with van der Waals surface area (Å²) in [5.74, 6) is -0.0319. The third-order valence-corrected chi connectivity index (χ3v) is 4.49. The Bertz CT molecular complexity index is 757. The monoisotopic (exact) mass is 338 g/mol. The lowest BCUT2D eigenvalue weighted by Crippen LogP contribution is -2.32. The topological polar surface area (TPSA) is 41.9 Å². The smallest absolute Gasteiger partial charge is 0.266 e. The number of carbonyl (C=O) groups is 1. The van der Waals surface area contributed by atoms with Gasteiger partial charge in [0.1, 0.15) is 0 Å². The standard InChI is InChI=1S/C19H18N2O2S/c1-23-13-12-21-18(22)17(14-15-8-4-2-5-9-15)24-19(21)20-16-10-6-3-7-11-16/h2-11,14H,12-13H2,1H3. The number of aliphatic imine (C=N–C) groups is 1. The number of rotatable bonds is 5. The Morgan fingerprint density at radius 2 is 1.75 bits per heavy atom. The predicted octanol–water partition coefficient (Wildman–Crippen LogP) is 3.94. The first-order valence-corrected chi connectivity index (χ1v) is 8.49. The minimum absolute atomic E-state index is 0.0319. The molecule has 1 aliphatic rings. The van der Waals surface area contributed by atoms with E-state index in [0.717, 1.165) is 11.3 Å². The normalized spacial score (nSPS) is 17.9. The van der Waals surface area contributed by atoms with Crippen molar-refractivity contribution in [3.05, 3.63) is 71.1 Å². The quantitative estimate of drug-likeness (QED) is 0.776. The lowest BCUT2D eigenvalue weighted by atomic mass is 10.2. The third-order valence-electron chi connectivity index (χ3n) is 3.49. The molecule has 1 heterocycles. The Balaban J connectivity index is 1.91. The van der Waals surface area contributed by atoms with Crippen molar-refractivity contribution in [2.45, 2.75) is 0 Å². The molecule has 24 heavy (non-hydrogen) atoms. The highest BCUT2D eigenvalue weighted by atomic mass is 32.2. The number of hydrogen-bond acceptors (Lipinski definition) is 4. The zero-order valence-corrected chi connectivity index (χ0v) is 14.2. The fraction of sp³-hybridized carbons (Fsp3) is 0.158. The SMILES string of the molecule is COCCN1C(=O)C(=Cc2ccccc2)SC1=Nc1ccccc1. The molecule has 0 unspecified atom stereocenters. The molecule has 0 bridgehead atoms. The predicted molar refractivity (Wildman–Crippen MR) is 99.1 cm³/mol. The molecule has 2 aromatic carbocycles. The molecule has 5 heteroatoms. The highest BCUT2D eigenvalue weighted by Crippen LogP contribution is 2.33. The van der Waals surface area contributed by atoms with E-state index >= 15 is 0 Å². The molecule has 122 valence electrons. The van der Waals surface area contributed by atoms with Crippen LogP contribution in [0.5, 0.6) is 0 Å². The summed E-state index contributed by atoms with van der Waals surface area (Å²) in [7, 11) is 1.63. The van der Waals surface area contributed by atoms with Crippen molar-refractivity contribution in [2.75, 3.05) is 20.3 Å². The van der Waals surface area contributed by atoms with E-state index in [1.807, 2.05) is 66.7 Å². The molecule has 2 aromatic rings. The van der Waals surface area contributed by atoms with Gasteiger partial charge in [-0.3, -0.25) is 9.69 Å². The van der Waals surface area contributed by atoms with Crippen LogP contribution in [0.2, 0.25) is 0 Å². The molecular formula is C19H18N2O2S. The summed E-state index contributed by atoms with van der Waals surface area (Å²) in [5, 5.41) is 0.686. The number of hydrogen-bond donors (Lipinski definition) is 0. The fourth-order valence-electron chi connectivity index (χ4n) is 2.28. The molecule has 3 rings (SSSR count). The van der Waals surface area contributed by atoms with Gasteiger partial charge in [-0.2, -0.15) is 0 Å². The molecule has 0 aromatic heterocycles. The van der Waals surface area contributed by atoms with Gasteiger partial charge in [0, 0.05) is 7.11 Å². The van der Waals surface area contributed by atoms with Crippen molar-refractivity contribution >= 4 is 34.6 Å². The molecule has 1 amide bonds. The Labute approximate surface area is 145 Å². The molecule has 0 spiro atoms. The number of amides is 1. The van der Waals surface area contributed by atoms with Crippen LogP contribution < -0.4 is 0 Å². The molecule has 0 aliphatic carbocycles. The van der Waals surface area contributed by atoms with Crippen LogP contribution >= 0.6 is 11.8 Å². The van der Waals surface area contributed by atoms with E-state index in [-0.39, 0.29) is 5.91 Å². The van der Waals surface area contributed by atoms with Crippen molar-refractivity contribution < 1.29 is 9.53 Å². The zero-order valence-electron chi connectivity index (χ0n) is 13.4. The Morgan fingerprint density at radius 3 is 2.42 bits per heavy atom. The van der Waals surface area contributed by atoms with E-state index in [2.05, 4.69) is 4.99 Å². The van der Waals surface area contributed by atoms with Crippen molar-refractivity contribution in [2.24, 2.45) is 4.99 Å². The number of thioether (sulfide) groups is 1. The first kappa shape index (κ1) is 16.5. The molecule has 1 saturated heterocycles. The minimum atomic E-state index is -0.0319. The first-order chi connectivity index (χ1) is 11.8. The summed E-state index contributed by atoms with van der Waals surface area (Å²) in [5.41, 5.74) is 1.83. The Hall–Kier alpha value is -2.37. The number of nitrogens with zero attached hydrogens (tertiary/aromatic N) is 2. The van der Waals surface area contributed by atoms with E-state index < -0.39 is 0 Å². The summed E-state index contributed by atoms with van der Waals surface area (Å²) in [6.45, 7) is 0.957. The number of ether oxygens (including phenoxy) is 1. The van der Waals surface area contributed by atoms with Gasteiger partial charge in [-0.15, -0.1) is 0 Å². The summed E-state index contributed by atoms with van der Waals surface area (Å²) in [6, 6.07) is 19.5. The summed E-state index contributed by atoms with van der Waals surface area (Å²) >= 11 is 1.40. The van der Waals surface area contributed by atoms with Crippen LogP contribution in [0, 0.1) is 0 Å². The van der Waals surface area contributed by atoms with Gasteiger partial charge in [-0.1, -0.05) is 48.5 Å². The highest BCUT2D eigenvalue weighted by Gasteiger charge is 2.33. The van der Waals surface area contributed by atoms with E-state index in [1.54, 1.807) is 12.0 Å². The average molecular weight is 338 g/mol. The van der Waals surface area contributed by atoms with Crippen LogP contribution in [-0.4, -0.2) is 36.2 Å². The maximum Gasteiger partial charge on any atom is 0.266 e. The highest BCUT2D eigenvalue weighted by molar-refractivity contribution is 8.18. The van der Waals surface area contributed by atoms with Crippen molar-refractivity contribution in [1.82, 2.24) is 4.90 Å². The van der Waals surface area contributed by atoms with Gasteiger partial charge in [0.25, 0.3) is 5.91 Å². The van der Waals surface area contributed by atoms with Crippen molar-refractivity contribution in [3.8, 4) is 0 Å². The van der Waals surface area contributed by atoms with Gasteiger partial charge in [-0.05, 0) is 35.5 Å². The largest absolute Gasteiger partial charge is 0.383 e. The zero-order chi connectivity index (χ0) is 16.8. The fourth-order valence-corrected chi connectivity index (χ4v) is 3.31. The van der Waals surface area contributed by atoms with E-state index in [9.17, 15) is 4.79 Å². The second kappa shape index (κ2) is 7.95. The van der Waals surface area contributed by atoms with Crippen LogP contribution in [-0.2, 0) is 9.53 Å². The van der Waals surface area contributed by atoms with Gasteiger partial charge >= 0.3 is 0 Å². The maximum absolute atomic E-state index is 12.7. The molecular weight excluding hydrogens is 320 g/mol. The molecule has 0 atom stereocenters. The van der Waals surface area contributed by atoms with Gasteiger partial charge in [0.05, 0.1) is 23.7 Å². The number of amidine groups is 1. The van der Waals surface area contributed by atoms with Gasteiger partial charge in [0.2, 0.25) is 0 Å². The van der Waals surface area contributed by atoms with Crippen LogP contribution in [0.3, 0.4) is 0 Å². The first-order valence-electron chi connectivity index (χ1n) is 7.67. The third kappa shape index (κ3) is 3.93. The van der Waals surface area contributed by atoms with Crippen molar-refractivity contribution in [1.29, 1.82) is 0 Å². The number of benzene rings is 2. The summed E-state index contributed by atoms with van der Waals surface area (Å²) < 4.78 is 5.13. The molecule has 1 aliphatic heterocycles. The lowest BCUT2D eigenvalue weighted by Gasteiger charge is -2.14. The van der Waals surface area contributed by atoms with Gasteiger partial charge < -0.3 is 4.74 Å². The number of para-hydroxylation sites is 1. The molecule has 4 nitrogen and oxygen atoms in total. The van der Waals surface area contributed by atoms with Crippen LogP contribution in [0.25, 0.3) is 6.08 Å². The molecule has 1 fully saturated rings. The Kier molecular flexibility index (Phi) is 5.46. The van der Waals surface area contributed by atoms with Crippen molar-refractivity contribution in [3.63, 3.8) is 0 Å². The molecule has 0 N–H and O–H groups in total. The maximum atomic E-state index is 12.7. The summed E-state index contributed by atoms with van der Waals surface area (Å²) in [4.78, 5) is 19.7. The van der Waals surface area contributed by atoms with Crippen LogP contribution in [0.1, 0.15) is 5.56 Å². The Morgan fingerprint density at radius 1 is 1.08 bits per heavy atom. The van der Waals surface area contributed by atoms with Gasteiger partial charge in [-0.25, -0.2) is 4.99 Å². The minimum Gasteiger partial charge on any atom is -0.383 e. The molecule has 0 saturated carbocycles. The van der Waals surface area contributed by atoms with E-state index in [1.165, 1.54) is 11.8 Å². The lowest BCUT2D eigenvalue weighted by molar-refractivity contribution is -0.122. The average Bonchev–Trinajstić information content (AvgIpc) is 2.90. The van der Waals surface area contributed by atoms with Gasteiger partial charge in [0.15, 0.2) is 5.17 Å². The second-order valence-electron chi connectivity index (χ2n) is 5.20. The van der Waals surface area contributed by atoms with Crippen LogP contribution in [0.4, 0.5) is 5.69 Å². The van der Waals surface area contributed by atoms with E-state index in [4.69, 9.17) is 4.74 Å².